The Morgan fingerprint density at radius 1 is 1.17 bits per heavy atom. The fourth-order valence-electron chi connectivity index (χ4n) is 1.26. The van der Waals surface area contributed by atoms with E-state index < -0.39 is 23.2 Å². The lowest BCUT2D eigenvalue weighted by atomic mass is 10.1. The van der Waals surface area contributed by atoms with Crippen LogP contribution in [0.3, 0.4) is 0 Å². The van der Waals surface area contributed by atoms with Gasteiger partial charge in [-0.3, -0.25) is 9.59 Å². The van der Waals surface area contributed by atoms with Gasteiger partial charge in [0.15, 0.2) is 0 Å². The molecule has 0 aliphatic rings. The van der Waals surface area contributed by atoms with E-state index in [-0.39, 0.29) is 0 Å². The highest BCUT2D eigenvalue weighted by Gasteiger charge is 2.29. The molecule has 0 fully saturated rings. The summed E-state index contributed by atoms with van der Waals surface area (Å²) in [6.07, 6.45) is 0. The van der Waals surface area contributed by atoms with Crippen LogP contribution in [0.4, 0.5) is 0 Å². The Labute approximate surface area is 109 Å². The van der Waals surface area contributed by atoms with Crippen molar-refractivity contribution >= 4 is 29.4 Å². The molecule has 0 spiro atoms. The van der Waals surface area contributed by atoms with E-state index in [0.717, 1.165) is 13.8 Å². The second-order valence-corrected chi connectivity index (χ2v) is 3.94. The fraction of sp³-hybridized carbons (Fsp3) is 0.250. The molecular weight excluding hydrogens is 258 g/mol. The van der Waals surface area contributed by atoms with Crippen molar-refractivity contribution in [2.45, 2.75) is 19.2 Å². The Morgan fingerprint density at radius 2 is 1.72 bits per heavy atom. The number of hydroxylamine groups is 2. The van der Waals surface area contributed by atoms with E-state index in [2.05, 4.69) is 4.84 Å². The topological polar surface area (TPSA) is 63.7 Å². The van der Waals surface area contributed by atoms with Crippen molar-refractivity contribution in [2.75, 3.05) is 0 Å². The predicted molar refractivity (Wildman–Crippen MR) is 64.3 cm³/mol. The zero-order chi connectivity index (χ0) is 13.7. The number of rotatable bonds is 2. The largest absolute Gasteiger partial charge is 0.331 e. The average molecular weight is 270 g/mol. The normalized spacial score (nSPS) is 11.5. The number of imide groups is 1. The number of hydrogen-bond donors (Lipinski definition) is 0. The zero-order valence-electron chi connectivity index (χ0n) is 9.92. The predicted octanol–water partition coefficient (Wildman–Crippen LogP) is 1.82. The minimum Gasteiger partial charge on any atom is -0.331 e. The van der Waals surface area contributed by atoms with Gasteiger partial charge in [0, 0.05) is 13.8 Å². The van der Waals surface area contributed by atoms with Crippen LogP contribution in [0.15, 0.2) is 30.3 Å². The van der Waals surface area contributed by atoms with E-state index in [0.29, 0.717) is 10.6 Å². The van der Waals surface area contributed by atoms with Gasteiger partial charge in [0.1, 0.15) is 5.38 Å². The van der Waals surface area contributed by atoms with Gasteiger partial charge < -0.3 is 4.84 Å². The first-order chi connectivity index (χ1) is 8.43. The van der Waals surface area contributed by atoms with Crippen LogP contribution in [0.5, 0.6) is 0 Å². The molecule has 6 heteroatoms. The summed E-state index contributed by atoms with van der Waals surface area (Å²) in [5, 5.41) is -0.720. The van der Waals surface area contributed by atoms with E-state index in [1.807, 2.05) is 0 Å². The summed E-state index contributed by atoms with van der Waals surface area (Å²) in [6, 6.07) is 8.47. The first kappa shape index (κ1) is 14.2. The average Bonchev–Trinajstić information content (AvgIpc) is 2.34. The zero-order valence-corrected chi connectivity index (χ0v) is 10.7. The molecule has 0 N–H and O–H groups in total. The highest BCUT2D eigenvalue weighted by molar-refractivity contribution is 6.31. The van der Waals surface area contributed by atoms with Crippen LogP contribution in [-0.2, 0) is 19.2 Å². The molecular formula is C12H12ClNO4. The molecule has 1 aromatic carbocycles. The van der Waals surface area contributed by atoms with Gasteiger partial charge in [-0.15, -0.1) is 16.7 Å². The molecule has 1 unspecified atom stereocenters. The van der Waals surface area contributed by atoms with Crippen LogP contribution in [0.2, 0.25) is 0 Å². The molecule has 1 atom stereocenters. The van der Waals surface area contributed by atoms with E-state index in [9.17, 15) is 14.4 Å². The van der Waals surface area contributed by atoms with Gasteiger partial charge in [0.25, 0.3) is 11.8 Å². The number of hydrogen-bond acceptors (Lipinski definition) is 4. The highest BCUT2D eigenvalue weighted by Crippen LogP contribution is 2.23. The molecule has 2 amide bonds. The number of alkyl halides is 1. The molecule has 96 valence electrons. The number of nitrogens with zero attached hydrogens (tertiary/aromatic N) is 1. The van der Waals surface area contributed by atoms with Gasteiger partial charge in [-0.1, -0.05) is 30.3 Å². The van der Waals surface area contributed by atoms with Crippen LogP contribution in [-0.4, -0.2) is 22.8 Å². The van der Waals surface area contributed by atoms with Gasteiger partial charge in [-0.2, -0.15) is 0 Å². The lowest BCUT2D eigenvalue weighted by Crippen LogP contribution is -2.38. The Balaban J connectivity index is 2.90. The van der Waals surface area contributed by atoms with E-state index >= 15 is 0 Å². The van der Waals surface area contributed by atoms with Crippen LogP contribution in [0.25, 0.3) is 0 Å². The van der Waals surface area contributed by atoms with Crippen LogP contribution in [0, 0.1) is 0 Å². The Hall–Kier alpha value is -1.88. The molecule has 0 saturated heterocycles. The molecule has 1 rings (SSSR count). The summed E-state index contributed by atoms with van der Waals surface area (Å²) < 4.78 is 0. The quantitative estimate of drug-likeness (QED) is 0.607. The van der Waals surface area contributed by atoms with Gasteiger partial charge in [0.2, 0.25) is 0 Å². The van der Waals surface area contributed by atoms with Crippen LogP contribution in [0.1, 0.15) is 24.8 Å². The molecule has 0 saturated carbocycles. The Kier molecular flexibility index (Phi) is 4.85. The Bertz CT molecular complexity index is 460. The number of halogens is 1. The summed E-state index contributed by atoms with van der Waals surface area (Å²) in [4.78, 5) is 38.5. The van der Waals surface area contributed by atoms with Crippen molar-refractivity contribution in [3.05, 3.63) is 35.9 Å². The van der Waals surface area contributed by atoms with Crippen molar-refractivity contribution in [1.82, 2.24) is 5.06 Å². The van der Waals surface area contributed by atoms with E-state index in [1.54, 1.807) is 30.3 Å². The summed E-state index contributed by atoms with van der Waals surface area (Å²) in [7, 11) is 0. The summed E-state index contributed by atoms with van der Waals surface area (Å²) in [5.41, 5.74) is 0.516. The smallest absolute Gasteiger partial charge is 0.330 e. The maximum Gasteiger partial charge on any atom is 0.330 e. The van der Waals surface area contributed by atoms with Gasteiger partial charge in [-0.05, 0) is 5.56 Å². The van der Waals surface area contributed by atoms with Gasteiger partial charge in [0.05, 0.1) is 0 Å². The van der Waals surface area contributed by atoms with Crippen molar-refractivity contribution in [1.29, 1.82) is 0 Å². The molecule has 0 aromatic heterocycles. The van der Waals surface area contributed by atoms with Crippen molar-refractivity contribution in [2.24, 2.45) is 0 Å². The minimum absolute atomic E-state index is 0.368. The van der Waals surface area contributed by atoms with Crippen LogP contribution >= 0.6 is 11.6 Å². The summed E-state index contributed by atoms with van der Waals surface area (Å²) in [6.45, 7) is 2.20. The molecule has 0 radical (unpaired) electrons. The SMILES string of the molecule is CC(=O)ON(C(C)=O)C(=O)C(Cl)c1ccccc1. The lowest BCUT2D eigenvalue weighted by molar-refractivity contribution is -0.200. The first-order valence-corrected chi connectivity index (χ1v) is 5.59. The monoisotopic (exact) mass is 269 g/mol. The molecule has 0 bridgehead atoms. The third kappa shape index (κ3) is 3.56. The van der Waals surface area contributed by atoms with Crippen molar-refractivity contribution in [3.63, 3.8) is 0 Å². The van der Waals surface area contributed by atoms with Gasteiger partial charge in [-0.25, -0.2) is 4.79 Å². The molecule has 5 nitrogen and oxygen atoms in total. The van der Waals surface area contributed by atoms with Gasteiger partial charge >= 0.3 is 5.97 Å². The highest BCUT2D eigenvalue weighted by atomic mass is 35.5. The van der Waals surface area contributed by atoms with Crippen LogP contribution < -0.4 is 0 Å². The molecule has 0 aliphatic carbocycles. The molecule has 0 aliphatic heterocycles. The molecule has 1 aromatic rings. The number of carbonyl (C=O) groups excluding carboxylic acids is 3. The maximum atomic E-state index is 11.9. The first-order valence-electron chi connectivity index (χ1n) is 5.15. The summed E-state index contributed by atoms with van der Waals surface area (Å²) in [5.74, 6) is -2.28. The molecule has 0 heterocycles. The lowest BCUT2D eigenvalue weighted by Gasteiger charge is -2.19. The molecule has 18 heavy (non-hydrogen) atoms. The van der Waals surface area contributed by atoms with E-state index in [4.69, 9.17) is 11.6 Å². The summed E-state index contributed by atoms with van der Waals surface area (Å²) >= 11 is 5.94. The number of benzene rings is 1. The third-order valence-corrected chi connectivity index (χ3v) is 2.45. The maximum absolute atomic E-state index is 11.9. The number of carbonyl (C=O) groups is 3. The third-order valence-electron chi connectivity index (χ3n) is 2.02. The Morgan fingerprint density at radius 3 is 2.17 bits per heavy atom. The van der Waals surface area contributed by atoms with E-state index in [1.165, 1.54) is 0 Å². The second-order valence-electron chi connectivity index (χ2n) is 3.51. The van der Waals surface area contributed by atoms with Crippen molar-refractivity contribution in [3.8, 4) is 0 Å². The second kappa shape index (κ2) is 6.16. The fourth-order valence-corrected chi connectivity index (χ4v) is 1.49. The van der Waals surface area contributed by atoms with Crippen molar-refractivity contribution < 1.29 is 19.2 Å². The number of amides is 2. The minimum atomic E-state index is -1.09. The standard InChI is InChI=1S/C12H12ClNO4/c1-8(15)14(18-9(2)16)12(17)11(13)10-6-4-3-5-7-10/h3-7,11H,1-2H3.